The third kappa shape index (κ3) is 4.87. The Kier molecular flexibility index (Phi) is 5.92. The van der Waals surface area contributed by atoms with Gasteiger partial charge in [0.15, 0.2) is 0 Å². The molecule has 0 aliphatic heterocycles. The van der Waals surface area contributed by atoms with Crippen LogP contribution in [0, 0.1) is 10.1 Å². The van der Waals surface area contributed by atoms with Crippen LogP contribution in [0.4, 0.5) is 5.69 Å². The molecule has 0 fully saturated rings. The summed E-state index contributed by atoms with van der Waals surface area (Å²) in [6.45, 7) is -0.0132. The van der Waals surface area contributed by atoms with Gasteiger partial charge in [0.1, 0.15) is 6.61 Å². The lowest BCUT2D eigenvalue weighted by atomic mass is 10.1. The molecule has 9 nitrogen and oxygen atoms in total. The van der Waals surface area contributed by atoms with Gasteiger partial charge in [0, 0.05) is 30.3 Å². The smallest absolute Gasteiger partial charge is 0.270 e. The van der Waals surface area contributed by atoms with Crippen molar-refractivity contribution in [3.63, 3.8) is 0 Å². The van der Waals surface area contributed by atoms with Crippen LogP contribution in [0.1, 0.15) is 0 Å². The summed E-state index contributed by atoms with van der Waals surface area (Å²) < 4.78 is 32.1. The van der Waals surface area contributed by atoms with Crippen molar-refractivity contribution in [1.29, 1.82) is 0 Å². The van der Waals surface area contributed by atoms with Crippen LogP contribution in [0.15, 0.2) is 71.6 Å². The van der Waals surface area contributed by atoms with Crippen LogP contribution < -0.4 is 9.46 Å². The van der Waals surface area contributed by atoms with E-state index in [4.69, 9.17) is 4.74 Å². The number of nitro benzene ring substituents is 1. The SMILES string of the molecule is O=[N+]([O-])c1cccc(S(=O)(=O)NCCOc2ccc(-c3ccccc3)nn2)c1. The second kappa shape index (κ2) is 8.55. The van der Waals surface area contributed by atoms with Gasteiger partial charge in [-0.15, -0.1) is 10.2 Å². The number of non-ortho nitro benzene ring substituents is 1. The van der Waals surface area contributed by atoms with Gasteiger partial charge in [-0.3, -0.25) is 10.1 Å². The molecule has 0 aliphatic carbocycles. The Bertz CT molecular complexity index is 1060. The number of rotatable bonds is 8. The summed E-state index contributed by atoms with van der Waals surface area (Å²) in [5.74, 6) is 0.259. The van der Waals surface area contributed by atoms with Crippen molar-refractivity contribution in [3.8, 4) is 17.1 Å². The molecule has 0 unspecified atom stereocenters. The predicted octanol–water partition coefficient (Wildman–Crippen LogP) is 2.41. The molecule has 0 atom stereocenters. The molecule has 1 aromatic heterocycles. The number of hydrogen-bond acceptors (Lipinski definition) is 7. The standard InChI is InChI=1S/C18H16N4O5S/c23-22(24)15-7-4-8-16(13-15)28(25,26)19-11-12-27-18-10-9-17(20-21-18)14-5-2-1-3-6-14/h1-10,13,19H,11-12H2. The largest absolute Gasteiger partial charge is 0.475 e. The Morgan fingerprint density at radius 3 is 2.46 bits per heavy atom. The summed E-state index contributed by atoms with van der Waals surface area (Å²) in [6, 6.07) is 17.7. The van der Waals surface area contributed by atoms with E-state index in [-0.39, 0.29) is 29.6 Å². The summed E-state index contributed by atoms with van der Waals surface area (Å²) in [5, 5.41) is 18.8. The molecule has 2 aromatic carbocycles. The number of ether oxygens (including phenoxy) is 1. The van der Waals surface area contributed by atoms with E-state index in [0.29, 0.717) is 5.69 Å². The van der Waals surface area contributed by atoms with Crippen LogP contribution in [0.25, 0.3) is 11.3 Å². The van der Waals surface area contributed by atoms with Gasteiger partial charge in [0.05, 0.1) is 15.5 Å². The van der Waals surface area contributed by atoms with E-state index in [2.05, 4.69) is 14.9 Å². The van der Waals surface area contributed by atoms with Crippen LogP contribution in [-0.2, 0) is 10.0 Å². The molecule has 0 radical (unpaired) electrons. The minimum Gasteiger partial charge on any atom is -0.475 e. The zero-order valence-electron chi connectivity index (χ0n) is 14.6. The van der Waals surface area contributed by atoms with Gasteiger partial charge < -0.3 is 4.74 Å². The summed E-state index contributed by atoms with van der Waals surface area (Å²) in [4.78, 5) is 9.93. The minimum absolute atomic E-state index is 0.0213. The van der Waals surface area contributed by atoms with E-state index in [1.807, 2.05) is 30.3 Å². The Morgan fingerprint density at radius 2 is 1.79 bits per heavy atom. The molecule has 3 rings (SSSR count). The average molecular weight is 400 g/mol. The zero-order valence-corrected chi connectivity index (χ0v) is 15.4. The molecule has 1 N–H and O–H groups in total. The fraction of sp³-hybridized carbons (Fsp3) is 0.111. The molecule has 28 heavy (non-hydrogen) atoms. The molecule has 144 valence electrons. The van der Waals surface area contributed by atoms with Gasteiger partial charge in [-0.25, -0.2) is 13.1 Å². The molecule has 0 saturated heterocycles. The summed E-state index contributed by atoms with van der Waals surface area (Å²) in [5.41, 5.74) is 1.32. The van der Waals surface area contributed by atoms with Crippen LogP contribution >= 0.6 is 0 Å². The first-order chi connectivity index (χ1) is 13.5. The van der Waals surface area contributed by atoms with E-state index in [9.17, 15) is 18.5 Å². The number of nitrogens with zero attached hydrogens (tertiary/aromatic N) is 3. The highest BCUT2D eigenvalue weighted by atomic mass is 32.2. The molecule has 0 saturated carbocycles. The van der Waals surface area contributed by atoms with Crippen molar-refractivity contribution in [3.05, 3.63) is 76.8 Å². The molecule has 1 heterocycles. The normalized spacial score (nSPS) is 11.1. The van der Waals surface area contributed by atoms with Crippen molar-refractivity contribution >= 4 is 15.7 Å². The van der Waals surface area contributed by atoms with Crippen molar-refractivity contribution in [2.75, 3.05) is 13.2 Å². The monoisotopic (exact) mass is 400 g/mol. The number of hydrogen-bond donors (Lipinski definition) is 1. The molecule has 0 spiro atoms. The maximum atomic E-state index is 12.2. The highest BCUT2D eigenvalue weighted by Crippen LogP contribution is 2.18. The maximum absolute atomic E-state index is 12.2. The lowest BCUT2D eigenvalue weighted by Crippen LogP contribution is -2.28. The third-order valence-electron chi connectivity index (χ3n) is 3.69. The van der Waals surface area contributed by atoms with Gasteiger partial charge in [-0.1, -0.05) is 36.4 Å². The van der Waals surface area contributed by atoms with Gasteiger partial charge in [0.25, 0.3) is 5.69 Å². The Balaban J connectivity index is 1.54. The molecule has 0 aliphatic rings. The van der Waals surface area contributed by atoms with E-state index in [0.717, 1.165) is 11.6 Å². The summed E-state index contributed by atoms with van der Waals surface area (Å²) in [6.07, 6.45) is 0. The van der Waals surface area contributed by atoms with E-state index in [1.165, 1.54) is 18.2 Å². The number of nitro groups is 1. The van der Waals surface area contributed by atoms with Gasteiger partial charge in [0.2, 0.25) is 15.9 Å². The Morgan fingerprint density at radius 1 is 1.00 bits per heavy atom. The second-order valence-electron chi connectivity index (χ2n) is 5.62. The number of nitrogens with one attached hydrogen (secondary N) is 1. The van der Waals surface area contributed by atoms with Crippen LogP contribution in [0.5, 0.6) is 5.88 Å². The summed E-state index contributed by atoms with van der Waals surface area (Å²) >= 11 is 0. The van der Waals surface area contributed by atoms with Crippen molar-refractivity contribution in [1.82, 2.24) is 14.9 Å². The first-order valence-corrected chi connectivity index (χ1v) is 9.70. The number of benzene rings is 2. The maximum Gasteiger partial charge on any atom is 0.270 e. The molecular formula is C18H16N4O5S. The second-order valence-corrected chi connectivity index (χ2v) is 7.39. The Hall–Kier alpha value is -3.37. The van der Waals surface area contributed by atoms with Crippen LogP contribution in [0.2, 0.25) is 0 Å². The lowest BCUT2D eigenvalue weighted by Gasteiger charge is -2.08. The van der Waals surface area contributed by atoms with E-state index >= 15 is 0 Å². The van der Waals surface area contributed by atoms with Gasteiger partial charge >= 0.3 is 0 Å². The van der Waals surface area contributed by atoms with Crippen LogP contribution in [0.3, 0.4) is 0 Å². The van der Waals surface area contributed by atoms with Crippen LogP contribution in [-0.4, -0.2) is 36.7 Å². The first kappa shape index (κ1) is 19.4. The first-order valence-electron chi connectivity index (χ1n) is 8.22. The van der Waals surface area contributed by atoms with Crippen molar-refractivity contribution in [2.45, 2.75) is 4.90 Å². The lowest BCUT2D eigenvalue weighted by molar-refractivity contribution is -0.385. The molecule has 3 aromatic rings. The Labute approximate surface area is 161 Å². The predicted molar refractivity (Wildman–Crippen MR) is 101 cm³/mol. The fourth-order valence-electron chi connectivity index (χ4n) is 2.34. The molecular weight excluding hydrogens is 384 g/mol. The molecule has 0 amide bonds. The van der Waals surface area contributed by atoms with Crippen molar-refractivity contribution in [2.24, 2.45) is 0 Å². The van der Waals surface area contributed by atoms with Gasteiger partial charge in [-0.05, 0) is 12.1 Å². The minimum atomic E-state index is -3.88. The number of sulfonamides is 1. The highest BCUT2D eigenvalue weighted by Gasteiger charge is 2.17. The topological polar surface area (TPSA) is 124 Å². The fourth-order valence-corrected chi connectivity index (χ4v) is 3.39. The van der Waals surface area contributed by atoms with Crippen molar-refractivity contribution < 1.29 is 18.1 Å². The van der Waals surface area contributed by atoms with E-state index in [1.54, 1.807) is 12.1 Å². The quantitative estimate of drug-likeness (QED) is 0.350. The van der Waals surface area contributed by atoms with Gasteiger partial charge in [-0.2, -0.15) is 0 Å². The van der Waals surface area contributed by atoms with E-state index < -0.39 is 14.9 Å². The molecule has 10 heteroatoms. The number of aromatic nitrogens is 2. The zero-order chi connectivity index (χ0) is 20.0. The highest BCUT2D eigenvalue weighted by molar-refractivity contribution is 7.89. The summed E-state index contributed by atoms with van der Waals surface area (Å²) in [7, 11) is -3.88. The molecule has 0 bridgehead atoms. The third-order valence-corrected chi connectivity index (χ3v) is 5.15. The average Bonchev–Trinajstić information content (AvgIpc) is 2.72.